The summed E-state index contributed by atoms with van der Waals surface area (Å²) in [5.41, 5.74) is 1.38. The van der Waals surface area contributed by atoms with E-state index in [-0.39, 0.29) is 13.3 Å². The van der Waals surface area contributed by atoms with Crippen molar-refractivity contribution >= 4 is 12.2 Å². The molecule has 0 fully saturated rings. The highest BCUT2D eigenvalue weighted by atomic mass is 19.1. The Balaban J connectivity index is 2.39. The number of hydrogen-bond donors (Lipinski definition) is 0. The summed E-state index contributed by atoms with van der Waals surface area (Å²) in [7, 11) is 0. The maximum absolute atomic E-state index is 12.1. The van der Waals surface area contributed by atoms with Gasteiger partial charge in [0.25, 0.3) is 0 Å². The fraction of sp³-hybridized carbons (Fsp3) is 0.625. The van der Waals surface area contributed by atoms with Crippen LogP contribution in [0.3, 0.4) is 0 Å². The third kappa shape index (κ3) is 7.34. The molecule has 0 saturated carbocycles. The van der Waals surface area contributed by atoms with E-state index in [1.807, 2.05) is 6.07 Å². The number of rotatable bonds is 11. The lowest BCUT2D eigenvalue weighted by atomic mass is 9.39. The van der Waals surface area contributed by atoms with Gasteiger partial charge in [0.05, 0.1) is 13.3 Å². The molecule has 0 nitrogen and oxygen atoms in total. The van der Waals surface area contributed by atoms with Gasteiger partial charge >= 0.3 is 0 Å². The van der Waals surface area contributed by atoms with Gasteiger partial charge in [-0.15, -0.1) is 0 Å². The van der Waals surface area contributed by atoms with Crippen molar-refractivity contribution in [2.45, 2.75) is 51.2 Å². The highest BCUT2D eigenvalue weighted by molar-refractivity contribution is 6.73. The summed E-state index contributed by atoms with van der Waals surface area (Å²) < 4.78 is 24.2. The average Bonchev–Trinajstić information content (AvgIpc) is 2.46. The van der Waals surface area contributed by atoms with Gasteiger partial charge in [0.2, 0.25) is 0 Å². The molecule has 106 valence electrons. The fourth-order valence-corrected chi connectivity index (χ4v) is 2.53. The van der Waals surface area contributed by atoms with Crippen molar-refractivity contribution in [1.82, 2.24) is 0 Å². The van der Waals surface area contributed by atoms with E-state index in [9.17, 15) is 8.78 Å². The standard InChI is InChI=1S/C16H25BF2/c18-14-8-2-6-12-17(13-7-3-9-15-19)16-10-4-1-5-11-16/h1,4-5,10-11H,2-3,6-9,12-15H2. The topological polar surface area (TPSA) is 0 Å². The minimum Gasteiger partial charge on any atom is -0.251 e. The van der Waals surface area contributed by atoms with Crippen LogP contribution in [0.25, 0.3) is 0 Å². The summed E-state index contributed by atoms with van der Waals surface area (Å²) >= 11 is 0. The maximum atomic E-state index is 12.1. The van der Waals surface area contributed by atoms with Crippen LogP contribution in [0, 0.1) is 0 Å². The molecule has 0 atom stereocenters. The van der Waals surface area contributed by atoms with Crippen LogP contribution >= 0.6 is 0 Å². The van der Waals surface area contributed by atoms with Crippen molar-refractivity contribution in [3.05, 3.63) is 30.3 Å². The Morgan fingerprint density at radius 3 is 1.68 bits per heavy atom. The molecule has 3 heteroatoms. The summed E-state index contributed by atoms with van der Waals surface area (Å²) in [6, 6.07) is 10.5. The van der Waals surface area contributed by atoms with Gasteiger partial charge in [0.15, 0.2) is 6.71 Å². The highest BCUT2D eigenvalue weighted by Gasteiger charge is 2.15. The Hall–Kier alpha value is -0.855. The van der Waals surface area contributed by atoms with E-state index in [0.717, 1.165) is 38.3 Å². The fourth-order valence-electron chi connectivity index (χ4n) is 2.53. The lowest BCUT2D eigenvalue weighted by molar-refractivity contribution is 0.458. The molecule has 0 aliphatic rings. The summed E-state index contributed by atoms with van der Waals surface area (Å²) in [5, 5.41) is 0. The predicted molar refractivity (Wildman–Crippen MR) is 81.1 cm³/mol. The minimum absolute atomic E-state index is 0.202. The molecule has 0 heterocycles. The van der Waals surface area contributed by atoms with Gasteiger partial charge in [-0.05, 0) is 12.8 Å². The molecule has 1 rings (SSSR count). The molecule has 0 N–H and O–H groups in total. The minimum atomic E-state index is -0.202. The zero-order valence-corrected chi connectivity index (χ0v) is 11.8. The van der Waals surface area contributed by atoms with Gasteiger partial charge in [0, 0.05) is 0 Å². The predicted octanol–water partition coefficient (Wildman–Crippen LogP) is 4.67. The molecule has 0 aromatic heterocycles. The van der Waals surface area contributed by atoms with Crippen molar-refractivity contribution < 1.29 is 8.78 Å². The van der Waals surface area contributed by atoms with E-state index in [2.05, 4.69) is 24.3 Å². The van der Waals surface area contributed by atoms with E-state index in [1.54, 1.807) is 0 Å². The lowest BCUT2D eigenvalue weighted by Crippen LogP contribution is -2.29. The first-order chi connectivity index (χ1) is 9.38. The van der Waals surface area contributed by atoms with Crippen LogP contribution in [0.2, 0.25) is 12.6 Å². The number of benzene rings is 1. The Morgan fingerprint density at radius 1 is 0.684 bits per heavy atom. The zero-order valence-electron chi connectivity index (χ0n) is 11.8. The second-order valence-electron chi connectivity index (χ2n) is 5.18. The van der Waals surface area contributed by atoms with Gasteiger partial charge in [-0.25, -0.2) is 0 Å². The molecule has 0 saturated heterocycles. The molecule has 0 amide bonds. The smallest absolute Gasteiger partial charge is 0.175 e. The molecular formula is C16H25BF2. The van der Waals surface area contributed by atoms with Crippen molar-refractivity contribution in [3.63, 3.8) is 0 Å². The van der Waals surface area contributed by atoms with Crippen molar-refractivity contribution in [1.29, 1.82) is 0 Å². The lowest BCUT2D eigenvalue weighted by Gasteiger charge is -2.13. The Labute approximate surface area is 116 Å². The average molecular weight is 266 g/mol. The van der Waals surface area contributed by atoms with E-state index < -0.39 is 0 Å². The van der Waals surface area contributed by atoms with Crippen molar-refractivity contribution in [2.24, 2.45) is 0 Å². The van der Waals surface area contributed by atoms with Gasteiger partial charge in [-0.3, -0.25) is 8.78 Å². The van der Waals surface area contributed by atoms with Crippen molar-refractivity contribution in [2.75, 3.05) is 13.3 Å². The van der Waals surface area contributed by atoms with E-state index in [1.165, 1.54) is 5.46 Å². The number of hydrogen-bond acceptors (Lipinski definition) is 0. The van der Waals surface area contributed by atoms with Gasteiger partial charge < -0.3 is 0 Å². The van der Waals surface area contributed by atoms with Crippen LogP contribution in [0.1, 0.15) is 38.5 Å². The molecule has 0 unspecified atom stereocenters. The molecule has 1 aromatic carbocycles. The van der Waals surface area contributed by atoms with Gasteiger partial charge in [0.1, 0.15) is 0 Å². The van der Waals surface area contributed by atoms with Crippen LogP contribution in [0.5, 0.6) is 0 Å². The number of halogens is 2. The zero-order chi connectivity index (χ0) is 13.8. The van der Waals surface area contributed by atoms with Gasteiger partial charge in [-0.2, -0.15) is 0 Å². The first-order valence-electron chi connectivity index (χ1n) is 7.55. The largest absolute Gasteiger partial charge is 0.251 e. The Kier molecular flexibility index (Phi) is 9.39. The van der Waals surface area contributed by atoms with Crippen LogP contribution in [0.15, 0.2) is 30.3 Å². The third-order valence-corrected chi connectivity index (χ3v) is 3.64. The normalized spacial score (nSPS) is 10.6. The first-order valence-corrected chi connectivity index (χ1v) is 7.55. The van der Waals surface area contributed by atoms with E-state index >= 15 is 0 Å². The quantitative estimate of drug-likeness (QED) is 0.403. The van der Waals surface area contributed by atoms with Crippen LogP contribution in [0.4, 0.5) is 8.78 Å². The summed E-state index contributed by atoms with van der Waals surface area (Å²) in [6.45, 7) is 0.152. The summed E-state index contributed by atoms with van der Waals surface area (Å²) in [5.74, 6) is 0. The second kappa shape index (κ2) is 11.0. The summed E-state index contributed by atoms with van der Waals surface area (Å²) in [4.78, 5) is 0. The van der Waals surface area contributed by atoms with E-state index in [0.29, 0.717) is 19.6 Å². The van der Waals surface area contributed by atoms with E-state index in [4.69, 9.17) is 0 Å². The monoisotopic (exact) mass is 266 g/mol. The van der Waals surface area contributed by atoms with Crippen LogP contribution < -0.4 is 5.46 Å². The SMILES string of the molecule is FCCCCCB(CCCCCF)c1ccccc1. The van der Waals surface area contributed by atoms with Gasteiger partial charge in [-0.1, -0.05) is 74.1 Å². The molecule has 0 aliphatic heterocycles. The van der Waals surface area contributed by atoms with Crippen LogP contribution in [-0.2, 0) is 0 Å². The summed E-state index contributed by atoms with van der Waals surface area (Å²) in [6.07, 6.45) is 7.75. The molecular weight excluding hydrogens is 241 g/mol. The highest BCUT2D eigenvalue weighted by Crippen LogP contribution is 2.12. The molecule has 1 aromatic rings. The molecule has 0 aliphatic carbocycles. The Morgan fingerprint density at radius 2 is 1.21 bits per heavy atom. The third-order valence-electron chi connectivity index (χ3n) is 3.64. The molecule has 0 bridgehead atoms. The second-order valence-corrected chi connectivity index (χ2v) is 5.18. The van der Waals surface area contributed by atoms with Crippen molar-refractivity contribution in [3.8, 4) is 0 Å². The van der Waals surface area contributed by atoms with Crippen LogP contribution in [-0.4, -0.2) is 20.1 Å². The molecule has 0 radical (unpaired) electrons. The number of alkyl halides is 2. The number of unbranched alkanes of at least 4 members (excludes halogenated alkanes) is 4. The first kappa shape index (κ1) is 16.2. The Bertz CT molecular complexity index is 291. The molecule has 0 spiro atoms. The maximum Gasteiger partial charge on any atom is 0.175 e. The molecule has 19 heavy (non-hydrogen) atoms.